The fourth-order valence-electron chi connectivity index (χ4n) is 0.891. The van der Waals surface area contributed by atoms with Gasteiger partial charge in [-0.2, -0.15) is 0 Å². The van der Waals surface area contributed by atoms with E-state index >= 15 is 0 Å². The van der Waals surface area contributed by atoms with Gasteiger partial charge in [-0.05, 0) is 12.2 Å². The summed E-state index contributed by atoms with van der Waals surface area (Å²) in [6.07, 6.45) is 4.64. The van der Waals surface area contributed by atoms with Crippen molar-refractivity contribution in [2.24, 2.45) is 10.3 Å². The number of rotatable bonds is 2. The molecule has 1 aliphatic rings. The van der Waals surface area contributed by atoms with Crippen molar-refractivity contribution in [3.63, 3.8) is 0 Å². The van der Waals surface area contributed by atoms with Gasteiger partial charge < -0.3 is 9.68 Å². The molecule has 0 saturated heterocycles. The maximum absolute atomic E-state index is 10.6. The van der Waals surface area contributed by atoms with E-state index in [1.807, 2.05) is 0 Å². The maximum atomic E-state index is 10.6. The molecule has 0 amide bonds. The maximum Gasteiger partial charge on any atom is 0.332 e. The molecular weight excluding hydrogens is 248 g/mol. The molecule has 0 aromatic carbocycles. The van der Waals surface area contributed by atoms with E-state index in [0.29, 0.717) is 0 Å². The lowest BCUT2D eigenvalue weighted by Gasteiger charge is -2.06. The zero-order valence-electron chi connectivity index (χ0n) is 9.14. The number of oxime groups is 2. The molecule has 0 spiro atoms. The number of hydrogen-bond donors (Lipinski definition) is 0. The number of carbonyl (C=O) groups is 2. The Hall–Kier alpha value is -1.95. The van der Waals surface area contributed by atoms with Gasteiger partial charge in [0.05, 0.1) is 5.03 Å². The monoisotopic (exact) mass is 256 g/mol. The Morgan fingerprint density at radius 2 is 1.76 bits per heavy atom. The second-order valence-electron chi connectivity index (χ2n) is 2.96. The summed E-state index contributed by atoms with van der Waals surface area (Å²) in [4.78, 5) is 30.2. The SMILES string of the molecule is CC(=O)ON=C1C=CC=C(Cl)C1=NOC(C)=O. The molecule has 6 nitrogen and oxygen atoms in total. The lowest BCUT2D eigenvalue weighted by atomic mass is 10.1. The first-order valence-corrected chi connectivity index (χ1v) is 4.94. The lowest BCUT2D eigenvalue weighted by Crippen LogP contribution is -2.17. The van der Waals surface area contributed by atoms with E-state index in [1.165, 1.54) is 26.0 Å². The highest BCUT2D eigenvalue weighted by atomic mass is 35.5. The minimum Gasteiger partial charge on any atom is -0.318 e. The first kappa shape index (κ1) is 13.1. The third-order valence-corrected chi connectivity index (χ3v) is 1.81. The third kappa shape index (κ3) is 4.20. The van der Waals surface area contributed by atoms with Crippen LogP contribution in [0.3, 0.4) is 0 Å². The average molecular weight is 257 g/mol. The smallest absolute Gasteiger partial charge is 0.318 e. The van der Waals surface area contributed by atoms with E-state index in [-0.39, 0.29) is 16.5 Å². The van der Waals surface area contributed by atoms with E-state index in [4.69, 9.17) is 11.6 Å². The van der Waals surface area contributed by atoms with Crippen LogP contribution in [0.5, 0.6) is 0 Å². The molecule has 0 aromatic heterocycles. The van der Waals surface area contributed by atoms with Crippen molar-refractivity contribution in [2.45, 2.75) is 13.8 Å². The zero-order chi connectivity index (χ0) is 12.8. The van der Waals surface area contributed by atoms with E-state index in [0.717, 1.165) is 0 Å². The molecule has 0 aliphatic heterocycles. The van der Waals surface area contributed by atoms with E-state index < -0.39 is 11.9 Å². The summed E-state index contributed by atoms with van der Waals surface area (Å²) in [5.74, 6) is -1.17. The van der Waals surface area contributed by atoms with E-state index in [1.54, 1.807) is 6.08 Å². The van der Waals surface area contributed by atoms with Crippen LogP contribution in [0.25, 0.3) is 0 Å². The fraction of sp³-hybridized carbons (Fsp3) is 0.200. The molecule has 0 saturated carbocycles. The zero-order valence-corrected chi connectivity index (χ0v) is 9.89. The molecule has 0 heterocycles. The Balaban J connectivity index is 2.95. The highest BCUT2D eigenvalue weighted by molar-refractivity contribution is 6.63. The van der Waals surface area contributed by atoms with Gasteiger partial charge >= 0.3 is 11.9 Å². The van der Waals surface area contributed by atoms with Crippen LogP contribution >= 0.6 is 11.6 Å². The topological polar surface area (TPSA) is 77.3 Å². The highest BCUT2D eigenvalue weighted by Gasteiger charge is 2.16. The first-order chi connectivity index (χ1) is 8.00. The van der Waals surface area contributed by atoms with Crippen molar-refractivity contribution in [2.75, 3.05) is 0 Å². The Kier molecular flexibility index (Phi) is 4.59. The summed E-state index contributed by atoms with van der Waals surface area (Å²) in [6, 6.07) is 0. The Bertz CT molecular complexity index is 463. The van der Waals surface area contributed by atoms with Gasteiger partial charge in [-0.15, -0.1) is 0 Å². The molecule has 0 unspecified atom stereocenters. The molecule has 7 heteroatoms. The fourth-order valence-corrected chi connectivity index (χ4v) is 1.10. The van der Waals surface area contributed by atoms with Crippen molar-refractivity contribution in [1.29, 1.82) is 0 Å². The van der Waals surface area contributed by atoms with Crippen LogP contribution < -0.4 is 0 Å². The molecule has 0 bridgehead atoms. The summed E-state index contributed by atoms with van der Waals surface area (Å²) in [5, 5.41) is 7.26. The minimum absolute atomic E-state index is 0.116. The standard InChI is InChI=1S/C10H9ClN2O4/c1-6(14)16-12-9-5-3-4-8(11)10(9)13-17-7(2)15/h3-5H,1-2H3. The van der Waals surface area contributed by atoms with E-state index in [2.05, 4.69) is 20.0 Å². The van der Waals surface area contributed by atoms with Crippen LogP contribution in [0.15, 0.2) is 33.6 Å². The Labute approximate surface area is 102 Å². The number of allylic oxidation sites excluding steroid dienone is 4. The molecular formula is C10H9ClN2O4. The van der Waals surface area contributed by atoms with Crippen LogP contribution in [-0.2, 0) is 19.3 Å². The summed E-state index contributed by atoms with van der Waals surface area (Å²) < 4.78 is 0. The molecule has 0 aromatic rings. The van der Waals surface area contributed by atoms with Crippen LogP contribution in [0.4, 0.5) is 0 Å². The van der Waals surface area contributed by atoms with Gasteiger partial charge in [0.2, 0.25) is 0 Å². The van der Waals surface area contributed by atoms with Crippen LogP contribution in [-0.4, -0.2) is 23.4 Å². The first-order valence-electron chi connectivity index (χ1n) is 4.56. The number of halogens is 1. The van der Waals surface area contributed by atoms with E-state index in [9.17, 15) is 9.59 Å². The Morgan fingerprint density at radius 3 is 2.35 bits per heavy atom. The molecule has 17 heavy (non-hydrogen) atoms. The number of hydrogen-bond acceptors (Lipinski definition) is 6. The lowest BCUT2D eigenvalue weighted by molar-refractivity contribution is -0.142. The molecule has 1 rings (SSSR count). The second kappa shape index (κ2) is 5.95. The minimum atomic E-state index is -0.594. The molecule has 0 atom stereocenters. The predicted molar refractivity (Wildman–Crippen MR) is 61.5 cm³/mol. The quantitative estimate of drug-likeness (QED) is 0.426. The Morgan fingerprint density at radius 1 is 1.18 bits per heavy atom. The average Bonchev–Trinajstić information content (AvgIpc) is 2.24. The highest BCUT2D eigenvalue weighted by Crippen LogP contribution is 2.13. The van der Waals surface area contributed by atoms with Crippen LogP contribution in [0.1, 0.15) is 13.8 Å². The van der Waals surface area contributed by atoms with Gasteiger partial charge in [-0.3, -0.25) is 0 Å². The van der Waals surface area contributed by atoms with Crippen molar-refractivity contribution in [1.82, 2.24) is 0 Å². The number of carbonyl (C=O) groups excluding carboxylic acids is 2. The molecule has 0 radical (unpaired) electrons. The van der Waals surface area contributed by atoms with Gasteiger partial charge in [0.15, 0.2) is 5.71 Å². The third-order valence-electron chi connectivity index (χ3n) is 1.50. The second-order valence-corrected chi connectivity index (χ2v) is 3.36. The largest absolute Gasteiger partial charge is 0.332 e. The summed E-state index contributed by atoms with van der Waals surface area (Å²) in [5.41, 5.74) is 0.305. The van der Waals surface area contributed by atoms with Crippen molar-refractivity contribution < 1.29 is 19.3 Å². The molecule has 0 fully saturated rings. The summed E-state index contributed by atoms with van der Waals surface area (Å²) in [6.45, 7) is 2.40. The van der Waals surface area contributed by atoms with Gasteiger partial charge in [0.25, 0.3) is 0 Å². The predicted octanol–water partition coefficient (Wildman–Crippen LogP) is 1.52. The van der Waals surface area contributed by atoms with Gasteiger partial charge in [-0.1, -0.05) is 28.0 Å². The normalized spacial score (nSPS) is 19.1. The van der Waals surface area contributed by atoms with Gasteiger partial charge in [0.1, 0.15) is 5.71 Å². The van der Waals surface area contributed by atoms with Crippen LogP contribution in [0, 0.1) is 0 Å². The summed E-state index contributed by atoms with van der Waals surface area (Å²) in [7, 11) is 0. The molecule has 1 aliphatic carbocycles. The van der Waals surface area contributed by atoms with Crippen molar-refractivity contribution in [3.05, 3.63) is 23.3 Å². The summed E-state index contributed by atoms with van der Waals surface area (Å²) >= 11 is 5.84. The molecule has 90 valence electrons. The van der Waals surface area contributed by atoms with Crippen molar-refractivity contribution >= 4 is 35.0 Å². The van der Waals surface area contributed by atoms with Crippen molar-refractivity contribution in [3.8, 4) is 0 Å². The number of nitrogens with zero attached hydrogens (tertiary/aromatic N) is 2. The van der Waals surface area contributed by atoms with Crippen LogP contribution in [0.2, 0.25) is 0 Å². The van der Waals surface area contributed by atoms with Gasteiger partial charge in [-0.25, -0.2) is 9.59 Å². The molecule has 0 N–H and O–H groups in total. The van der Waals surface area contributed by atoms with Gasteiger partial charge in [0, 0.05) is 13.8 Å².